The van der Waals surface area contributed by atoms with Gasteiger partial charge in [0.1, 0.15) is 18.0 Å². The number of aromatic nitrogens is 2. The third-order valence-corrected chi connectivity index (χ3v) is 2.47. The van der Waals surface area contributed by atoms with Crippen LogP contribution in [-0.4, -0.2) is 9.97 Å². The molecular weight excluding hydrogens is 268 g/mol. The summed E-state index contributed by atoms with van der Waals surface area (Å²) in [5.41, 5.74) is 1.30. The molecule has 0 aliphatic rings. The fraction of sp³-hybridized carbons (Fsp3) is 0. The number of hydrogen-bond donors (Lipinski definition) is 1. The van der Waals surface area contributed by atoms with Gasteiger partial charge in [0.25, 0.3) is 0 Å². The molecule has 4 nitrogen and oxygen atoms in total. The number of nitriles is 1. The van der Waals surface area contributed by atoms with Gasteiger partial charge in [0.05, 0.1) is 6.20 Å². The van der Waals surface area contributed by atoms with Crippen LogP contribution in [0.2, 0.25) is 0 Å². The molecule has 1 heterocycles. The number of anilines is 2. The summed E-state index contributed by atoms with van der Waals surface area (Å²) in [5, 5.41) is 11.9. The fourth-order valence-corrected chi connectivity index (χ4v) is 1.45. The van der Waals surface area contributed by atoms with Crippen LogP contribution < -0.4 is 5.32 Å². The van der Waals surface area contributed by atoms with E-state index >= 15 is 0 Å². The van der Waals surface area contributed by atoms with Crippen LogP contribution in [0.5, 0.6) is 0 Å². The summed E-state index contributed by atoms with van der Waals surface area (Å²) in [5.74, 6) is 0.514. The summed E-state index contributed by atoms with van der Waals surface area (Å²) >= 11 is 3.35. The number of benzene rings is 1. The molecule has 1 aromatic heterocycles. The first-order valence-corrected chi connectivity index (χ1v) is 5.31. The number of rotatable bonds is 2. The van der Waals surface area contributed by atoms with Crippen molar-refractivity contribution in [3.8, 4) is 6.07 Å². The first kappa shape index (κ1) is 10.6. The van der Waals surface area contributed by atoms with E-state index in [0.717, 1.165) is 10.2 Å². The summed E-state index contributed by atoms with van der Waals surface area (Å²) in [6.07, 6.45) is 2.89. The van der Waals surface area contributed by atoms with Gasteiger partial charge in [0.15, 0.2) is 5.82 Å². The number of halogens is 1. The molecule has 0 spiro atoms. The standard InChI is InChI=1S/C11H7BrN4/c12-9-1-3-10(4-2-9)16-11-8(5-13)6-14-7-15-11/h1-4,6-7H,(H,14,15,16). The lowest BCUT2D eigenvalue weighted by Crippen LogP contribution is -1.97. The molecule has 16 heavy (non-hydrogen) atoms. The van der Waals surface area contributed by atoms with Crippen LogP contribution in [0, 0.1) is 11.3 Å². The third kappa shape index (κ3) is 2.35. The Morgan fingerprint density at radius 1 is 1.25 bits per heavy atom. The Kier molecular flexibility index (Phi) is 3.13. The molecule has 0 aliphatic carbocycles. The number of hydrogen-bond acceptors (Lipinski definition) is 4. The molecule has 0 fully saturated rings. The maximum absolute atomic E-state index is 8.86. The van der Waals surface area contributed by atoms with E-state index in [-0.39, 0.29) is 0 Å². The summed E-state index contributed by atoms with van der Waals surface area (Å²) in [6.45, 7) is 0. The van der Waals surface area contributed by atoms with Gasteiger partial charge in [-0.15, -0.1) is 0 Å². The van der Waals surface area contributed by atoms with Crippen molar-refractivity contribution in [3.63, 3.8) is 0 Å². The Labute approximate surface area is 101 Å². The van der Waals surface area contributed by atoms with E-state index in [9.17, 15) is 0 Å². The van der Waals surface area contributed by atoms with Crippen LogP contribution >= 0.6 is 15.9 Å². The average molecular weight is 275 g/mol. The monoisotopic (exact) mass is 274 g/mol. The maximum Gasteiger partial charge on any atom is 0.151 e. The van der Waals surface area contributed by atoms with E-state index < -0.39 is 0 Å². The molecule has 5 heteroatoms. The minimum atomic E-state index is 0.422. The Morgan fingerprint density at radius 3 is 2.69 bits per heavy atom. The topological polar surface area (TPSA) is 61.6 Å². The van der Waals surface area contributed by atoms with Crippen LogP contribution in [0.1, 0.15) is 5.56 Å². The van der Waals surface area contributed by atoms with Gasteiger partial charge >= 0.3 is 0 Å². The summed E-state index contributed by atoms with van der Waals surface area (Å²) in [6, 6.07) is 9.65. The Hall–Kier alpha value is -1.93. The van der Waals surface area contributed by atoms with Gasteiger partial charge in [-0.25, -0.2) is 9.97 Å². The van der Waals surface area contributed by atoms with Gasteiger partial charge in [-0.1, -0.05) is 15.9 Å². The van der Waals surface area contributed by atoms with E-state index in [2.05, 4.69) is 31.2 Å². The Morgan fingerprint density at radius 2 is 2.00 bits per heavy atom. The van der Waals surface area contributed by atoms with Crippen molar-refractivity contribution in [1.82, 2.24) is 9.97 Å². The lowest BCUT2D eigenvalue weighted by molar-refractivity contribution is 1.15. The van der Waals surface area contributed by atoms with Crippen LogP contribution in [0.3, 0.4) is 0 Å². The van der Waals surface area contributed by atoms with E-state index in [4.69, 9.17) is 5.26 Å². The first-order valence-electron chi connectivity index (χ1n) is 4.52. The molecule has 2 aromatic rings. The van der Waals surface area contributed by atoms with Crippen molar-refractivity contribution in [2.24, 2.45) is 0 Å². The van der Waals surface area contributed by atoms with E-state index in [1.165, 1.54) is 12.5 Å². The lowest BCUT2D eigenvalue weighted by Gasteiger charge is -2.05. The van der Waals surface area contributed by atoms with Gasteiger partial charge < -0.3 is 5.32 Å². The Balaban J connectivity index is 2.27. The quantitative estimate of drug-likeness (QED) is 0.915. The second-order valence-electron chi connectivity index (χ2n) is 3.03. The lowest BCUT2D eigenvalue weighted by atomic mass is 10.3. The van der Waals surface area contributed by atoms with Crippen LogP contribution in [-0.2, 0) is 0 Å². The van der Waals surface area contributed by atoms with Gasteiger partial charge in [-0.2, -0.15) is 5.26 Å². The minimum absolute atomic E-state index is 0.422. The second kappa shape index (κ2) is 4.73. The molecule has 0 unspecified atom stereocenters. The zero-order valence-electron chi connectivity index (χ0n) is 8.18. The average Bonchev–Trinajstić information content (AvgIpc) is 2.33. The molecule has 78 valence electrons. The molecule has 0 atom stereocenters. The normalized spacial score (nSPS) is 9.50. The molecule has 0 saturated carbocycles. The van der Waals surface area contributed by atoms with Crippen molar-refractivity contribution in [2.45, 2.75) is 0 Å². The molecule has 1 N–H and O–H groups in total. The third-order valence-electron chi connectivity index (χ3n) is 1.94. The fourth-order valence-electron chi connectivity index (χ4n) is 1.18. The van der Waals surface area contributed by atoms with E-state index in [1.54, 1.807) is 0 Å². The maximum atomic E-state index is 8.86. The molecule has 0 bridgehead atoms. The Bertz CT molecular complexity index is 530. The summed E-state index contributed by atoms with van der Waals surface area (Å²) < 4.78 is 1.00. The number of nitrogens with one attached hydrogen (secondary N) is 1. The van der Waals surface area contributed by atoms with Gasteiger partial charge in [-0.3, -0.25) is 0 Å². The van der Waals surface area contributed by atoms with Crippen LogP contribution in [0.25, 0.3) is 0 Å². The predicted octanol–water partition coefficient (Wildman–Crippen LogP) is 2.85. The van der Waals surface area contributed by atoms with Crippen LogP contribution in [0.4, 0.5) is 11.5 Å². The highest BCUT2D eigenvalue weighted by Gasteiger charge is 2.02. The smallest absolute Gasteiger partial charge is 0.151 e. The molecule has 0 aliphatic heterocycles. The molecule has 0 saturated heterocycles. The molecule has 0 amide bonds. The molecule has 2 rings (SSSR count). The van der Waals surface area contributed by atoms with E-state index in [1.807, 2.05) is 30.3 Å². The second-order valence-corrected chi connectivity index (χ2v) is 3.94. The summed E-state index contributed by atoms with van der Waals surface area (Å²) in [4.78, 5) is 7.80. The van der Waals surface area contributed by atoms with Crippen molar-refractivity contribution in [3.05, 3.63) is 46.8 Å². The largest absolute Gasteiger partial charge is 0.339 e. The van der Waals surface area contributed by atoms with Crippen LogP contribution in [0.15, 0.2) is 41.3 Å². The van der Waals surface area contributed by atoms with Crippen molar-refractivity contribution >= 4 is 27.4 Å². The first-order chi connectivity index (χ1) is 7.79. The van der Waals surface area contributed by atoms with E-state index in [0.29, 0.717) is 11.4 Å². The van der Waals surface area contributed by atoms with Gasteiger partial charge in [0, 0.05) is 10.2 Å². The molecular formula is C11H7BrN4. The van der Waals surface area contributed by atoms with Crippen molar-refractivity contribution in [1.29, 1.82) is 5.26 Å². The zero-order valence-corrected chi connectivity index (χ0v) is 9.77. The number of nitrogens with zero attached hydrogens (tertiary/aromatic N) is 3. The molecule has 0 radical (unpaired) electrons. The van der Waals surface area contributed by atoms with Gasteiger partial charge in [0.2, 0.25) is 0 Å². The predicted molar refractivity (Wildman–Crippen MR) is 64.2 cm³/mol. The zero-order chi connectivity index (χ0) is 11.4. The van der Waals surface area contributed by atoms with Crippen molar-refractivity contribution < 1.29 is 0 Å². The minimum Gasteiger partial charge on any atom is -0.339 e. The highest BCUT2D eigenvalue weighted by Crippen LogP contribution is 2.19. The van der Waals surface area contributed by atoms with Crippen molar-refractivity contribution in [2.75, 3.05) is 5.32 Å². The SMILES string of the molecule is N#Cc1cncnc1Nc1ccc(Br)cc1. The highest BCUT2D eigenvalue weighted by atomic mass is 79.9. The van der Waals surface area contributed by atoms with Gasteiger partial charge in [-0.05, 0) is 24.3 Å². The summed E-state index contributed by atoms with van der Waals surface area (Å²) in [7, 11) is 0. The molecule has 1 aromatic carbocycles. The highest BCUT2D eigenvalue weighted by molar-refractivity contribution is 9.10.